The SMILES string of the molecule is O=c1cc(-c2ccccc2)ncn1CCNS(=O)(=O)c1cc(Cl)c(Cl)cc1Cl. The highest BCUT2D eigenvalue weighted by Crippen LogP contribution is 2.31. The van der Waals surface area contributed by atoms with Crippen LogP contribution in [0.1, 0.15) is 0 Å². The van der Waals surface area contributed by atoms with Gasteiger partial charge in [-0.1, -0.05) is 65.1 Å². The molecule has 0 bridgehead atoms. The van der Waals surface area contributed by atoms with E-state index in [4.69, 9.17) is 34.8 Å². The van der Waals surface area contributed by atoms with Crippen molar-refractivity contribution in [2.45, 2.75) is 11.4 Å². The predicted molar refractivity (Wildman–Crippen MR) is 111 cm³/mol. The van der Waals surface area contributed by atoms with Crippen molar-refractivity contribution < 1.29 is 8.42 Å². The normalized spacial score (nSPS) is 11.5. The van der Waals surface area contributed by atoms with E-state index in [9.17, 15) is 13.2 Å². The number of aromatic nitrogens is 2. The van der Waals surface area contributed by atoms with E-state index in [0.717, 1.165) is 5.56 Å². The van der Waals surface area contributed by atoms with Crippen LogP contribution in [-0.2, 0) is 16.6 Å². The zero-order valence-corrected chi connectivity index (χ0v) is 17.4. The molecule has 10 heteroatoms. The molecule has 1 N–H and O–H groups in total. The van der Waals surface area contributed by atoms with Crippen molar-refractivity contribution in [3.8, 4) is 11.3 Å². The molecule has 28 heavy (non-hydrogen) atoms. The van der Waals surface area contributed by atoms with Crippen molar-refractivity contribution >= 4 is 44.8 Å². The lowest BCUT2D eigenvalue weighted by Gasteiger charge is -2.11. The number of hydrogen-bond acceptors (Lipinski definition) is 4. The van der Waals surface area contributed by atoms with Gasteiger partial charge >= 0.3 is 0 Å². The molecule has 0 radical (unpaired) electrons. The highest BCUT2D eigenvalue weighted by molar-refractivity contribution is 7.89. The minimum Gasteiger partial charge on any atom is -0.298 e. The summed E-state index contributed by atoms with van der Waals surface area (Å²) in [5.41, 5.74) is 1.08. The van der Waals surface area contributed by atoms with Crippen LogP contribution in [0.15, 0.2) is 64.5 Å². The van der Waals surface area contributed by atoms with Crippen LogP contribution in [0, 0.1) is 0 Å². The Balaban J connectivity index is 1.71. The summed E-state index contributed by atoms with van der Waals surface area (Å²) in [6.07, 6.45) is 1.38. The van der Waals surface area contributed by atoms with Gasteiger partial charge in [0.2, 0.25) is 10.0 Å². The van der Waals surface area contributed by atoms with E-state index >= 15 is 0 Å². The van der Waals surface area contributed by atoms with Crippen LogP contribution < -0.4 is 10.3 Å². The lowest BCUT2D eigenvalue weighted by molar-refractivity contribution is 0.569. The molecule has 0 aliphatic heterocycles. The van der Waals surface area contributed by atoms with Crippen molar-refractivity contribution in [2.75, 3.05) is 6.54 Å². The molecule has 3 aromatic rings. The summed E-state index contributed by atoms with van der Waals surface area (Å²) < 4.78 is 28.6. The molecular weight excluding hydrogens is 445 g/mol. The molecular formula is C18H14Cl3N3O3S. The molecule has 2 aromatic carbocycles. The van der Waals surface area contributed by atoms with E-state index in [1.54, 1.807) is 0 Å². The second-order valence-corrected chi connectivity index (χ2v) is 8.72. The molecule has 0 saturated heterocycles. The van der Waals surface area contributed by atoms with Crippen LogP contribution in [-0.4, -0.2) is 24.5 Å². The van der Waals surface area contributed by atoms with E-state index in [1.165, 1.54) is 29.1 Å². The van der Waals surface area contributed by atoms with Gasteiger partial charge in [-0.25, -0.2) is 18.1 Å². The molecule has 0 saturated carbocycles. The Kier molecular flexibility index (Phi) is 6.42. The Bertz CT molecular complexity index is 1170. The summed E-state index contributed by atoms with van der Waals surface area (Å²) in [7, 11) is -3.93. The second kappa shape index (κ2) is 8.63. The van der Waals surface area contributed by atoms with Crippen molar-refractivity contribution in [3.05, 3.63) is 80.3 Å². The number of nitrogens with zero attached hydrogens (tertiary/aromatic N) is 2. The summed E-state index contributed by atoms with van der Waals surface area (Å²) in [5, 5.41) is 0.179. The monoisotopic (exact) mass is 457 g/mol. The third-order valence-corrected chi connectivity index (χ3v) is 6.51. The van der Waals surface area contributed by atoms with Gasteiger partial charge in [-0.05, 0) is 12.1 Å². The van der Waals surface area contributed by atoms with Gasteiger partial charge in [-0.3, -0.25) is 9.36 Å². The minimum atomic E-state index is -3.93. The molecule has 0 fully saturated rings. The molecule has 0 unspecified atom stereocenters. The van der Waals surface area contributed by atoms with Crippen molar-refractivity contribution in [1.82, 2.24) is 14.3 Å². The molecule has 1 aromatic heterocycles. The van der Waals surface area contributed by atoms with E-state index < -0.39 is 10.0 Å². The van der Waals surface area contributed by atoms with Crippen molar-refractivity contribution in [1.29, 1.82) is 0 Å². The van der Waals surface area contributed by atoms with Crippen LogP contribution >= 0.6 is 34.8 Å². The Labute approximate surface area is 176 Å². The van der Waals surface area contributed by atoms with Crippen LogP contribution in [0.3, 0.4) is 0 Å². The van der Waals surface area contributed by atoms with Crippen LogP contribution in [0.5, 0.6) is 0 Å². The fourth-order valence-electron chi connectivity index (χ4n) is 2.45. The molecule has 146 valence electrons. The molecule has 6 nitrogen and oxygen atoms in total. The fraction of sp³-hybridized carbons (Fsp3) is 0.111. The van der Waals surface area contributed by atoms with Crippen LogP contribution in [0.2, 0.25) is 15.1 Å². The second-order valence-electron chi connectivity index (χ2n) is 5.77. The molecule has 0 spiro atoms. The highest BCUT2D eigenvalue weighted by atomic mass is 35.5. The Hall–Kier alpha value is -1.90. The summed E-state index contributed by atoms with van der Waals surface area (Å²) in [6.45, 7) is 0.0598. The lowest BCUT2D eigenvalue weighted by atomic mass is 10.1. The summed E-state index contributed by atoms with van der Waals surface area (Å²) in [6, 6.07) is 13.1. The predicted octanol–water partition coefficient (Wildman–Crippen LogP) is 3.85. The van der Waals surface area contributed by atoms with Gasteiger partial charge in [-0.2, -0.15) is 0 Å². The molecule has 0 atom stereocenters. The number of sulfonamides is 1. The maximum absolute atomic E-state index is 12.4. The van der Waals surface area contributed by atoms with Gasteiger partial charge < -0.3 is 0 Å². The standard InChI is InChI=1S/C18H14Cl3N3O3S/c19-13-8-15(21)17(9-14(13)20)28(26,27)23-6-7-24-11-22-16(10-18(24)25)12-4-2-1-3-5-12/h1-5,8-11,23H,6-7H2. The third kappa shape index (κ3) is 4.74. The van der Waals surface area contributed by atoms with Gasteiger partial charge in [0.15, 0.2) is 0 Å². The van der Waals surface area contributed by atoms with E-state index in [2.05, 4.69) is 9.71 Å². The highest BCUT2D eigenvalue weighted by Gasteiger charge is 2.19. The first-order valence-electron chi connectivity index (χ1n) is 8.04. The Morgan fingerprint density at radius 2 is 1.64 bits per heavy atom. The quantitative estimate of drug-likeness (QED) is 0.569. The average Bonchev–Trinajstić information content (AvgIpc) is 2.66. The maximum Gasteiger partial charge on any atom is 0.253 e. The maximum atomic E-state index is 12.4. The first-order chi connectivity index (χ1) is 13.3. The van der Waals surface area contributed by atoms with Gasteiger partial charge in [0.25, 0.3) is 5.56 Å². The molecule has 3 rings (SSSR count). The van der Waals surface area contributed by atoms with Gasteiger partial charge in [-0.15, -0.1) is 0 Å². The zero-order valence-electron chi connectivity index (χ0n) is 14.3. The number of hydrogen-bond donors (Lipinski definition) is 1. The molecule has 1 heterocycles. The summed E-state index contributed by atoms with van der Waals surface area (Å²) in [4.78, 5) is 16.3. The molecule has 0 amide bonds. The van der Waals surface area contributed by atoms with Crippen molar-refractivity contribution in [3.63, 3.8) is 0 Å². The lowest BCUT2D eigenvalue weighted by Crippen LogP contribution is -2.31. The van der Waals surface area contributed by atoms with E-state index in [1.807, 2.05) is 30.3 Å². The first-order valence-corrected chi connectivity index (χ1v) is 10.7. The van der Waals surface area contributed by atoms with Crippen LogP contribution in [0.25, 0.3) is 11.3 Å². The number of benzene rings is 2. The number of rotatable bonds is 6. The largest absolute Gasteiger partial charge is 0.298 e. The first kappa shape index (κ1) is 20.8. The summed E-state index contributed by atoms with van der Waals surface area (Å²) in [5.74, 6) is 0. The molecule has 0 aliphatic rings. The number of halogens is 3. The summed E-state index contributed by atoms with van der Waals surface area (Å²) >= 11 is 17.6. The van der Waals surface area contributed by atoms with Gasteiger partial charge in [0.1, 0.15) is 4.90 Å². The zero-order chi connectivity index (χ0) is 20.3. The van der Waals surface area contributed by atoms with Gasteiger partial charge in [0.05, 0.1) is 27.1 Å². The number of nitrogens with one attached hydrogen (secondary N) is 1. The van der Waals surface area contributed by atoms with E-state index in [0.29, 0.717) is 5.69 Å². The minimum absolute atomic E-state index is 0.0365. The topological polar surface area (TPSA) is 81.1 Å². The third-order valence-electron chi connectivity index (χ3n) is 3.86. The fourth-order valence-corrected chi connectivity index (χ4v) is 4.47. The Morgan fingerprint density at radius 3 is 2.32 bits per heavy atom. The van der Waals surface area contributed by atoms with Crippen LogP contribution in [0.4, 0.5) is 0 Å². The van der Waals surface area contributed by atoms with Crippen molar-refractivity contribution in [2.24, 2.45) is 0 Å². The molecule has 0 aliphatic carbocycles. The van der Waals surface area contributed by atoms with E-state index in [-0.39, 0.29) is 38.6 Å². The smallest absolute Gasteiger partial charge is 0.253 e. The Morgan fingerprint density at radius 1 is 0.964 bits per heavy atom. The van der Waals surface area contributed by atoms with Gasteiger partial charge in [0, 0.05) is 24.7 Å². The average molecular weight is 459 g/mol.